The summed E-state index contributed by atoms with van der Waals surface area (Å²) in [6.45, 7) is 8.13. The Morgan fingerprint density at radius 3 is 2.62 bits per heavy atom. The number of likely N-dealkylation sites (N-methyl/N-ethyl adjacent to an activating group) is 1. The van der Waals surface area contributed by atoms with Crippen molar-refractivity contribution in [2.45, 2.75) is 46.3 Å². The number of aromatic amines is 1. The molecule has 1 atom stereocenters. The minimum Gasteiger partial charge on any atom is -0.481 e. The number of benzene rings is 2. The number of nitrogens with one attached hydrogen (secondary N) is 1. The van der Waals surface area contributed by atoms with Crippen molar-refractivity contribution in [1.82, 2.24) is 14.9 Å². The van der Waals surface area contributed by atoms with Gasteiger partial charge in [0, 0.05) is 7.05 Å². The number of hydrogen-bond acceptors (Lipinski definition) is 4. The fourth-order valence-corrected chi connectivity index (χ4v) is 3.17. The third kappa shape index (κ3) is 4.65. The van der Waals surface area contributed by atoms with Gasteiger partial charge in [-0.3, -0.25) is 9.59 Å². The van der Waals surface area contributed by atoms with E-state index in [4.69, 9.17) is 4.74 Å². The van der Waals surface area contributed by atoms with E-state index in [9.17, 15) is 9.59 Å². The number of hydrogen-bond donors (Lipinski definition) is 1. The number of rotatable bonds is 6. The van der Waals surface area contributed by atoms with E-state index in [1.54, 1.807) is 32.2 Å². The third-order valence-corrected chi connectivity index (χ3v) is 4.96. The molecule has 3 aromatic rings. The van der Waals surface area contributed by atoms with Crippen molar-refractivity contribution in [2.75, 3.05) is 7.05 Å². The maximum absolute atomic E-state index is 12.8. The maximum atomic E-state index is 12.8. The van der Waals surface area contributed by atoms with E-state index < -0.39 is 6.10 Å². The van der Waals surface area contributed by atoms with Crippen LogP contribution in [0, 0.1) is 6.92 Å². The molecule has 0 fully saturated rings. The SMILES string of the molecule is Cc1ccc(C(C)C)cc1O[C@@H](C)C(=O)N(C)Cc1nc2ccccc2c(=O)[nH]1. The van der Waals surface area contributed by atoms with Crippen molar-refractivity contribution in [2.24, 2.45) is 0 Å². The highest BCUT2D eigenvalue weighted by Crippen LogP contribution is 2.25. The topological polar surface area (TPSA) is 75.3 Å². The summed E-state index contributed by atoms with van der Waals surface area (Å²) in [4.78, 5) is 33.8. The molecule has 2 aromatic carbocycles. The number of ether oxygens (including phenoxy) is 1. The minimum atomic E-state index is -0.659. The highest BCUT2D eigenvalue weighted by atomic mass is 16.5. The molecular weight excluding hydrogens is 366 g/mol. The summed E-state index contributed by atoms with van der Waals surface area (Å²) in [5.74, 6) is 1.34. The van der Waals surface area contributed by atoms with Gasteiger partial charge >= 0.3 is 0 Å². The standard InChI is InChI=1S/C23H27N3O3/c1-14(2)17-11-10-15(3)20(12-17)29-16(4)23(28)26(5)13-21-24-19-9-7-6-8-18(19)22(27)25-21/h6-12,14,16H,13H2,1-5H3,(H,24,25,27)/t16-/m0/s1. The van der Waals surface area contributed by atoms with Gasteiger partial charge < -0.3 is 14.6 Å². The molecule has 3 rings (SSSR count). The number of carbonyl (C=O) groups excluding carboxylic acids is 1. The van der Waals surface area contributed by atoms with Gasteiger partial charge in [0.05, 0.1) is 17.4 Å². The van der Waals surface area contributed by atoms with E-state index in [0.717, 1.165) is 11.1 Å². The van der Waals surface area contributed by atoms with Crippen LogP contribution >= 0.6 is 0 Å². The molecule has 0 aliphatic carbocycles. The number of aromatic nitrogens is 2. The zero-order chi connectivity index (χ0) is 21.1. The Balaban J connectivity index is 1.73. The molecule has 0 unspecified atom stereocenters. The summed E-state index contributed by atoms with van der Waals surface area (Å²) < 4.78 is 5.97. The van der Waals surface area contributed by atoms with Gasteiger partial charge in [-0.2, -0.15) is 0 Å². The lowest BCUT2D eigenvalue weighted by Crippen LogP contribution is -2.38. The number of fused-ring (bicyclic) bond motifs is 1. The number of carbonyl (C=O) groups is 1. The van der Waals surface area contributed by atoms with Crippen LogP contribution in [-0.4, -0.2) is 33.9 Å². The lowest BCUT2D eigenvalue weighted by molar-refractivity contribution is -0.137. The van der Waals surface area contributed by atoms with E-state index in [0.29, 0.717) is 28.4 Å². The smallest absolute Gasteiger partial charge is 0.263 e. The fraction of sp³-hybridized carbons (Fsp3) is 0.348. The van der Waals surface area contributed by atoms with Crippen LogP contribution in [0.5, 0.6) is 5.75 Å². The van der Waals surface area contributed by atoms with Crippen molar-refractivity contribution < 1.29 is 9.53 Å². The second kappa shape index (κ2) is 8.47. The van der Waals surface area contributed by atoms with Crippen molar-refractivity contribution >= 4 is 16.8 Å². The lowest BCUT2D eigenvalue weighted by atomic mass is 10.0. The molecule has 0 saturated heterocycles. The molecule has 1 heterocycles. The number of para-hydroxylation sites is 1. The predicted molar refractivity (Wildman–Crippen MR) is 114 cm³/mol. The van der Waals surface area contributed by atoms with Crippen LogP contribution in [0.4, 0.5) is 0 Å². The Labute approximate surface area is 170 Å². The monoisotopic (exact) mass is 393 g/mol. The molecule has 29 heavy (non-hydrogen) atoms. The van der Waals surface area contributed by atoms with E-state index in [2.05, 4.69) is 29.9 Å². The number of H-pyrrole nitrogens is 1. The van der Waals surface area contributed by atoms with Gasteiger partial charge in [-0.15, -0.1) is 0 Å². The van der Waals surface area contributed by atoms with Gasteiger partial charge in [-0.05, 0) is 49.1 Å². The minimum absolute atomic E-state index is 0.185. The first-order valence-electron chi connectivity index (χ1n) is 9.76. The summed E-state index contributed by atoms with van der Waals surface area (Å²) in [5.41, 5.74) is 2.54. The van der Waals surface area contributed by atoms with E-state index in [1.165, 1.54) is 4.90 Å². The molecule has 0 saturated carbocycles. The van der Waals surface area contributed by atoms with Crippen LogP contribution in [0.1, 0.15) is 43.6 Å². The molecule has 0 radical (unpaired) electrons. The molecule has 152 valence electrons. The Kier molecular flexibility index (Phi) is 6.01. The Morgan fingerprint density at radius 1 is 1.17 bits per heavy atom. The summed E-state index contributed by atoms with van der Waals surface area (Å²) in [6.07, 6.45) is -0.659. The van der Waals surface area contributed by atoms with Gasteiger partial charge in [0.15, 0.2) is 6.10 Å². The van der Waals surface area contributed by atoms with Gasteiger partial charge in [0.25, 0.3) is 11.5 Å². The number of amides is 1. The second-order valence-electron chi connectivity index (χ2n) is 7.66. The predicted octanol–water partition coefficient (Wildman–Crippen LogP) is 3.78. The normalized spacial score (nSPS) is 12.2. The van der Waals surface area contributed by atoms with Crippen molar-refractivity contribution in [3.63, 3.8) is 0 Å². The summed E-state index contributed by atoms with van der Waals surface area (Å²) in [6, 6.07) is 13.2. The lowest BCUT2D eigenvalue weighted by Gasteiger charge is -2.23. The van der Waals surface area contributed by atoms with Gasteiger partial charge in [0.2, 0.25) is 0 Å². The highest BCUT2D eigenvalue weighted by Gasteiger charge is 2.21. The average Bonchev–Trinajstić information content (AvgIpc) is 2.68. The Hall–Kier alpha value is -3.15. The van der Waals surface area contributed by atoms with E-state index >= 15 is 0 Å². The summed E-state index contributed by atoms with van der Waals surface area (Å²) in [7, 11) is 1.68. The molecule has 0 spiro atoms. The largest absolute Gasteiger partial charge is 0.481 e. The number of nitrogens with zero attached hydrogens (tertiary/aromatic N) is 2. The molecule has 1 aromatic heterocycles. The Bertz CT molecular complexity index is 1090. The first kappa shape index (κ1) is 20.6. The fourth-order valence-electron chi connectivity index (χ4n) is 3.17. The average molecular weight is 393 g/mol. The Morgan fingerprint density at radius 2 is 1.90 bits per heavy atom. The van der Waals surface area contributed by atoms with Crippen LogP contribution in [0.25, 0.3) is 10.9 Å². The first-order chi connectivity index (χ1) is 13.8. The molecule has 6 nitrogen and oxygen atoms in total. The summed E-state index contributed by atoms with van der Waals surface area (Å²) in [5, 5.41) is 0.530. The zero-order valence-corrected chi connectivity index (χ0v) is 17.5. The summed E-state index contributed by atoms with van der Waals surface area (Å²) >= 11 is 0. The van der Waals surface area contributed by atoms with Gasteiger partial charge in [0.1, 0.15) is 11.6 Å². The molecule has 6 heteroatoms. The molecule has 0 aliphatic rings. The molecular formula is C23H27N3O3. The second-order valence-corrected chi connectivity index (χ2v) is 7.66. The zero-order valence-electron chi connectivity index (χ0n) is 17.5. The quantitative estimate of drug-likeness (QED) is 0.692. The molecule has 0 bridgehead atoms. The first-order valence-corrected chi connectivity index (χ1v) is 9.76. The van der Waals surface area contributed by atoms with Gasteiger partial charge in [-0.1, -0.05) is 38.1 Å². The van der Waals surface area contributed by atoms with Gasteiger partial charge in [-0.25, -0.2) is 4.98 Å². The van der Waals surface area contributed by atoms with E-state index in [-0.39, 0.29) is 18.0 Å². The van der Waals surface area contributed by atoms with Crippen molar-refractivity contribution in [3.8, 4) is 5.75 Å². The van der Waals surface area contributed by atoms with Crippen LogP contribution < -0.4 is 10.3 Å². The molecule has 1 N–H and O–H groups in total. The van der Waals surface area contributed by atoms with Crippen LogP contribution in [-0.2, 0) is 11.3 Å². The van der Waals surface area contributed by atoms with Crippen LogP contribution in [0.2, 0.25) is 0 Å². The third-order valence-electron chi connectivity index (χ3n) is 4.96. The molecule has 1 amide bonds. The van der Waals surface area contributed by atoms with Crippen molar-refractivity contribution in [1.29, 1.82) is 0 Å². The maximum Gasteiger partial charge on any atom is 0.263 e. The molecule has 0 aliphatic heterocycles. The van der Waals surface area contributed by atoms with Crippen LogP contribution in [0.15, 0.2) is 47.3 Å². The van der Waals surface area contributed by atoms with E-state index in [1.807, 2.05) is 25.1 Å². The highest BCUT2D eigenvalue weighted by molar-refractivity contribution is 5.81. The number of aryl methyl sites for hydroxylation is 1. The van der Waals surface area contributed by atoms with Crippen molar-refractivity contribution in [3.05, 3.63) is 69.8 Å². The van der Waals surface area contributed by atoms with Crippen LogP contribution in [0.3, 0.4) is 0 Å².